The molecule has 1 rings (SSSR count). The van der Waals surface area contributed by atoms with Crippen molar-refractivity contribution in [1.29, 1.82) is 0 Å². The minimum Gasteiger partial charge on any atom is -0.330 e. The van der Waals surface area contributed by atoms with Gasteiger partial charge in [-0.2, -0.15) is 0 Å². The highest BCUT2D eigenvalue weighted by Crippen LogP contribution is 2.04. The summed E-state index contributed by atoms with van der Waals surface area (Å²) in [4.78, 5) is 0. The van der Waals surface area contributed by atoms with E-state index in [4.69, 9.17) is 11.5 Å². The van der Waals surface area contributed by atoms with Crippen molar-refractivity contribution in [3.63, 3.8) is 0 Å². The van der Waals surface area contributed by atoms with Gasteiger partial charge in [0.15, 0.2) is 0 Å². The predicted molar refractivity (Wildman–Crippen MR) is 86.4 cm³/mol. The van der Waals surface area contributed by atoms with Crippen LogP contribution >= 0.6 is 0 Å². The van der Waals surface area contributed by atoms with Crippen LogP contribution in [0.5, 0.6) is 0 Å². The summed E-state index contributed by atoms with van der Waals surface area (Å²) in [5.41, 5.74) is 14.0. The third-order valence-electron chi connectivity index (χ3n) is 3.30. The highest BCUT2D eigenvalue weighted by atomic mass is 14.9. The fourth-order valence-corrected chi connectivity index (χ4v) is 2.11. The Morgan fingerprint density at radius 1 is 1.05 bits per heavy atom. The normalized spacial score (nSPS) is 12.6. The van der Waals surface area contributed by atoms with E-state index < -0.39 is 0 Å². The van der Waals surface area contributed by atoms with Gasteiger partial charge >= 0.3 is 0 Å². The number of rotatable bonds is 11. The lowest BCUT2D eigenvalue weighted by atomic mass is 10.1. The van der Waals surface area contributed by atoms with Crippen LogP contribution in [0, 0.1) is 0 Å². The Morgan fingerprint density at radius 2 is 1.65 bits per heavy atom. The molecule has 0 radical (unpaired) electrons. The molecule has 4 heteroatoms. The van der Waals surface area contributed by atoms with E-state index in [1.807, 2.05) is 0 Å². The van der Waals surface area contributed by atoms with Crippen LogP contribution in [0.25, 0.3) is 0 Å². The predicted octanol–water partition coefficient (Wildman–Crippen LogP) is 1.34. The average molecular weight is 278 g/mol. The Labute approximate surface area is 123 Å². The minimum absolute atomic E-state index is 0.269. The maximum Gasteiger partial charge on any atom is 0.0206 e. The first-order valence-electron chi connectivity index (χ1n) is 7.71. The molecule has 114 valence electrons. The van der Waals surface area contributed by atoms with Gasteiger partial charge in [-0.1, -0.05) is 37.6 Å². The summed E-state index contributed by atoms with van der Waals surface area (Å²) in [5, 5.41) is 6.79. The molecule has 0 aromatic heterocycles. The monoisotopic (exact) mass is 278 g/mol. The highest BCUT2D eigenvalue weighted by molar-refractivity contribution is 5.22. The second-order valence-electron chi connectivity index (χ2n) is 5.32. The van der Waals surface area contributed by atoms with Gasteiger partial charge in [0, 0.05) is 25.7 Å². The van der Waals surface area contributed by atoms with Gasteiger partial charge < -0.3 is 22.1 Å². The second-order valence-corrected chi connectivity index (χ2v) is 5.32. The largest absolute Gasteiger partial charge is 0.330 e. The lowest BCUT2D eigenvalue weighted by molar-refractivity contribution is 0.538. The fourth-order valence-electron chi connectivity index (χ4n) is 2.11. The third kappa shape index (κ3) is 7.60. The molecule has 0 bridgehead atoms. The number of benzene rings is 1. The lowest BCUT2D eigenvalue weighted by Crippen LogP contribution is -2.33. The molecular formula is C16H30N4. The van der Waals surface area contributed by atoms with E-state index >= 15 is 0 Å². The Kier molecular flexibility index (Phi) is 9.24. The van der Waals surface area contributed by atoms with Gasteiger partial charge in [-0.15, -0.1) is 0 Å². The van der Waals surface area contributed by atoms with E-state index in [-0.39, 0.29) is 6.04 Å². The molecule has 20 heavy (non-hydrogen) atoms. The standard InChI is InChI=1S/C16H30N4/c1-2-4-16(18)13-20-12-15-7-5-14(6-8-15)11-19-10-3-9-17/h5-8,16,19-20H,2-4,9-13,17-18H2,1H3. The number of hydrogen-bond donors (Lipinski definition) is 4. The molecule has 1 atom stereocenters. The summed E-state index contributed by atoms with van der Waals surface area (Å²) in [6.07, 6.45) is 3.26. The minimum atomic E-state index is 0.269. The first-order chi connectivity index (χ1) is 9.76. The number of nitrogens with two attached hydrogens (primary N) is 2. The Hall–Kier alpha value is -0.940. The zero-order valence-electron chi connectivity index (χ0n) is 12.7. The van der Waals surface area contributed by atoms with Crippen LogP contribution in [-0.4, -0.2) is 25.7 Å². The molecule has 0 aliphatic carbocycles. The molecule has 0 aliphatic heterocycles. The molecule has 0 saturated heterocycles. The highest BCUT2D eigenvalue weighted by Gasteiger charge is 2.00. The van der Waals surface area contributed by atoms with E-state index in [9.17, 15) is 0 Å². The molecular weight excluding hydrogens is 248 g/mol. The summed E-state index contributed by atoms with van der Waals surface area (Å²) in [7, 11) is 0. The molecule has 0 heterocycles. The summed E-state index contributed by atoms with van der Waals surface area (Å²) in [6.45, 7) is 6.58. The van der Waals surface area contributed by atoms with E-state index in [1.54, 1.807) is 0 Å². The van der Waals surface area contributed by atoms with Crippen LogP contribution in [0.15, 0.2) is 24.3 Å². The van der Waals surface area contributed by atoms with Crippen molar-refractivity contribution in [2.24, 2.45) is 11.5 Å². The smallest absolute Gasteiger partial charge is 0.0206 e. The summed E-state index contributed by atoms with van der Waals surface area (Å²) in [6, 6.07) is 8.99. The summed E-state index contributed by atoms with van der Waals surface area (Å²) in [5.74, 6) is 0. The topological polar surface area (TPSA) is 76.1 Å². The van der Waals surface area contributed by atoms with E-state index in [0.717, 1.165) is 52.0 Å². The van der Waals surface area contributed by atoms with E-state index in [0.29, 0.717) is 0 Å². The van der Waals surface area contributed by atoms with Gasteiger partial charge in [0.2, 0.25) is 0 Å². The maximum absolute atomic E-state index is 5.97. The van der Waals surface area contributed by atoms with Crippen molar-refractivity contribution < 1.29 is 0 Å². The molecule has 0 saturated carbocycles. The van der Waals surface area contributed by atoms with Gasteiger partial charge in [-0.25, -0.2) is 0 Å². The first kappa shape index (κ1) is 17.1. The summed E-state index contributed by atoms with van der Waals surface area (Å²) < 4.78 is 0. The maximum atomic E-state index is 5.97. The van der Waals surface area contributed by atoms with Crippen LogP contribution in [-0.2, 0) is 13.1 Å². The zero-order valence-corrected chi connectivity index (χ0v) is 12.7. The zero-order chi connectivity index (χ0) is 14.6. The number of hydrogen-bond acceptors (Lipinski definition) is 4. The van der Waals surface area contributed by atoms with Crippen molar-refractivity contribution in [3.8, 4) is 0 Å². The lowest BCUT2D eigenvalue weighted by Gasteiger charge is -2.12. The number of nitrogens with one attached hydrogen (secondary N) is 2. The Bertz CT molecular complexity index is 337. The van der Waals surface area contributed by atoms with Crippen molar-refractivity contribution in [2.45, 2.75) is 45.3 Å². The molecule has 0 spiro atoms. The van der Waals surface area contributed by atoms with Crippen molar-refractivity contribution >= 4 is 0 Å². The summed E-state index contributed by atoms with van der Waals surface area (Å²) >= 11 is 0. The van der Waals surface area contributed by atoms with Gasteiger partial charge in [0.1, 0.15) is 0 Å². The first-order valence-corrected chi connectivity index (χ1v) is 7.71. The quantitative estimate of drug-likeness (QED) is 0.461. The molecule has 4 nitrogen and oxygen atoms in total. The molecule has 1 aromatic carbocycles. The van der Waals surface area contributed by atoms with Crippen LogP contribution < -0.4 is 22.1 Å². The Balaban J connectivity index is 2.21. The molecule has 1 aromatic rings. The molecule has 0 amide bonds. The van der Waals surface area contributed by atoms with Crippen molar-refractivity contribution in [2.75, 3.05) is 19.6 Å². The van der Waals surface area contributed by atoms with Gasteiger partial charge in [0.25, 0.3) is 0 Å². The van der Waals surface area contributed by atoms with Gasteiger partial charge in [-0.3, -0.25) is 0 Å². The Morgan fingerprint density at radius 3 is 2.20 bits per heavy atom. The van der Waals surface area contributed by atoms with Crippen molar-refractivity contribution in [3.05, 3.63) is 35.4 Å². The molecule has 0 aliphatic rings. The molecule has 6 N–H and O–H groups in total. The van der Waals surface area contributed by atoms with Crippen LogP contribution in [0.4, 0.5) is 0 Å². The van der Waals surface area contributed by atoms with E-state index in [1.165, 1.54) is 11.1 Å². The van der Waals surface area contributed by atoms with Crippen molar-refractivity contribution in [1.82, 2.24) is 10.6 Å². The van der Waals surface area contributed by atoms with Crippen LogP contribution in [0.2, 0.25) is 0 Å². The second kappa shape index (κ2) is 10.8. The van der Waals surface area contributed by atoms with Gasteiger partial charge in [-0.05, 0) is 37.1 Å². The SMILES string of the molecule is CCCC(N)CNCc1ccc(CNCCCN)cc1. The molecule has 1 unspecified atom stereocenters. The third-order valence-corrected chi connectivity index (χ3v) is 3.30. The molecule has 0 fully saturated rings. The van der Waals surface area contributed by atoms with Gasteiger partial charge in [0.05, 0.1) is 0 Å². The van der Waals surface area contributed by atoms with Crippen LogP contribution in [0.3, 0.4) is 0 Å². The average Bonchev–Trinajstić information content (AvgIpc) is 2.45. The van der Waals surface area contributed by atoms with E-state index in [2.05, 4.69) is 41.8 Å². The van der Waals surface area contributed by atoms with Crippen LogP contribution in [0.1, 0.15) is 37.3 Å². The fraction of sp³-hybridized carbons (Fsp3) is 0.625.